The van der Waals surface area contributed by atoms with Crippen molar-refractivity contribution in [1.29, 1.82) is 0 Å². The number of nitrogens with one attached hydrogen (secondary N) is 3. The van der Waals surface area contributed by atoms with Crippen molar-refractivity contribution in [3.8, 4) is 28.0 Å². The molecule has 0 spiro atoms. The Balaban J connectivity index is 1.47. The van der Waals surface area contributed by atoms with Crippen molar-refractivity contribution >= 4 is 34.1 Å². The van der Waals surface area contributed by atoms with Gasteiger partial charge >= 0.3 is 0 Å². The lowest BCUT2D eigenvalue weighted by Gasteiger charge is -2.10. The molecular formula is C27H19N5O3. The number of nitrogens with zero attached hydrogens (tertiary/aromatic N) is 2. The van der Waals surface area contributed by atoms with E-state index in [1.165, 1.54) is 0 Å². The van der Waals surface area contributed by atoms with Gasteiger partial charge in [0.15, 0.2) is 12.3 Å². The molecule has 35 heavy (non-hydrogen) atoms. The van der Waals surface area contributed by atoms with E-state index in [0.717, 1.165) is 27.8 Å². The second kappa shape index (κ2) is 8.42. The zero-order valence-corrected chi connectivity index (χ0v) is 18.4. The third-order valence-corrected chi connectivity index (χ3v) is 5.79. The Bertz CT molecular complexity index is 1610. The van der Waals surface area contributed by atoms with E-state index in [-0.39, 0.29) is 24.1 Å². The van der Waals surface area contributed by atoms with Crippen LogP contribution in [-0.2, 0) is 4.79 Å². The number of H-pyrrole nitrogens is 1. The van der Waals surface area contributed by atoms with Gasteiger partial charge in [-0.15, -0.1) is 0 Å². The van der Waals surface area contributed by atoms with E-state index in [0.29, 0.717) is 22.5 Å². The van der Waals surface area contributed by atoms with Gasteiger partial charge in [0.25, 0.3) is 11.8 Å². The molecule has 8 heteroatoms. The summed E-state index contributed by atoms with van der Waals surface area (Å²) in [7, 11) is 0. The number of aromatic amines is 1. The molecule has 5 aromatic rings. The number of carbonyl (C=O) groups excluding carboxylic acids is 2. The Kier molecular flexibility index (Phi) is 4.96. The first-order chi connectivity index (χ1) is 17.1. The smallest absolute Gasteiger partial charge is 0.276 e. The first kappa shape index (κ1) is 20.6. The molecule has 0 aliphatic carbocycles. The van der Waals surface area contributed by atoms with Gasteiger partial charge in [-0.2, -0.15) is 5.10 Å². The lowest BCUT2D eigenvalue weighted by Crippen LogP contribution is -2.20. The van der Waals surface area contributed by atoms with E-state index in [1.807, 2.05) is 66.7 Å². The van der Waals surface area contributed by atoms with Crippen LogP contribution in [0.1, 0.15) is 10.5 Å². The van der Waals surface area contributed by atoms with Crippen molar-refractivity contribution < 1.29 is 14.3 Å². The summed E-state index contributed by atoms with van der Waals surface area (Å²) in [6.07, 6.45) is 3.28. The van der Waals surface area contributed by atoms with Crippen LogP contribution < -0.4 is 15.4 Å². The standard InChI is InChI=1S/C27H19N5O3/c33-25-15-35-22-6-2-4-17(11-22)16-3-1-5-20(9-16)30-27(34)26-23-12-18(7-8-24(23)31-32-26)19-10-21(29-25)14-28-13-19/h1-14H,15H2,(H,29,33)(H,30,34)(H,31,32). The van der Waals surface area contributed by atoms with Crippen LogP contribution in [0, 0.1) is 0 Å². The molecular weight excluding hydrogens is 442 g/mol. The molecule has 8 nitrogen and oxygen atoms in total. The highest BCUT2D eigenvalue weighted by atomic mass is 16.5. The fourth-order valence-corrected chi connectivity index (χ4v) is 4.11. The maximum Gasteiger partial charge on any atom is 0.276 e. The van der Waals surface area contributed by atoms with Gasteiger partial charge in [-0.3, -0.25) is 19.7 Å². The molecule has 0 fully saturated rings. The Morgan fingerprint density at radius 1 is 0.743 bits per heavy atom. The lowest BCUT2D eigenvalue weighted by molar-refractivity contribution is -0.118. The Morgan fingerprint density at radius 2 is 1.54 bits per heavy atom. The van der Waals surface area contributed by atoms with Gasteiger partial charge in [0.2, 0.25) is 0 Å². The number of rotatable bonds is 0. The molecule has 3 heterocycles. The average Bonchev–Trinajstić information content (AvgIpc) is 3.31. The molecule has 0 atom stereocenters. The third kappa shape index (κ3) is 4.08. The molecule has 3 N–H and O–H groups in total. The fraction of sp³-hybridized carbons (Fsp3) is 0.0370. The Hall–Kier alpha value is -4.98. The summed E-state index contributed by atoms with van der Waals surface area (Å²) >= 11 is 0. The summed E-state index contributed by atoms with van der Waals surface area (Å²) in [6, 6.07) is 22.5. The molecule has 2 aromatic heterocycles. The SMILES string of the molecule is O=C1COc2cccc(c2)-c2cccc(c2)NC(=O)c2n[nH]c3ccc(cc23)-c2cncc(c2)N1. The van der Waals surface area contributed by atoms with Gasteiger partial charge in [-0.1, -0.05) is 30.3 Å². The van der Waals surface area contributed by atoms with Crippen LogP contribution in [0.5, 0.6) is 5.75 Å². The van der Waals surface area contributed by atoms with Gasteiger partial charge < -0.3 is 15.4 Å². The number of fused-ring (bicyclic) bond motifs is 9. The predicted octanol–water partition coefficient (Wildman–Crippen LogP) is 4.88. The van der Waals surface area contributed by atoms with Gasteiger partial charge in [0, 0.05) is 22.8 Å². The number of carbonyl (C=O) groups is 2. The molecule has 3 aromatic carbocycles. The molecule has 0 saturated carbocycles. The molecule has 1 aliphatic rings. The molecule has 2 amide bonds. The topological polar surface area (TPSA) is 109 Å². The van der Waals surface area contributed by atoms with E-state index in [9.17, 15) is 9.59 Å². The highest BCUT2D eigenvalue weighted by molar-refractivity contribution is 6.11. The first-order valence-corrected chi connectivity index (χ1v) is 11.0. The average molecular weight is 461 g/mol. The van der Waals surface area contributed by atoms with Crippen molar-refractivity contribution in [2.45, 2.75) is 0 Å². The van der Waals surface area contributed by atoms with Gasteiger partial charge in [-0.05, 0) is 59.2 Å². The monoisotopic (exact) mass is 461 g/mol. The number of hydrogen-bond acceptors (Lipinski definition) is 5. The van der Waals surface area contributed by atoms with Crippen LogP contribution in [0.2, 0.25) is 0 Å². The van der Waals surface area contributed by atoms with E-state index in [4.69, 9.17) is 4.74 Å². The van der Waals surface area contributed by atoms with Crippen molar-refractivity contribution in [1.82, 2.24) is 15.2 Å². The van der Waals surface area contributed by atoms with Crippen LogP contribution in [0.25, 0.3) is 33.2 Å². The minimum Gasteiger partial charge on any atom is -0.484 e. The maximum absolute atomic E-state index is 13.2. The quantitative estimate of drug-likeness (QED) is 0.305. The van der Waals surface area contributed by atoms with Gasteiger partial charge in [-0.25, -0.2) is 0 Å². The number of anilines is 2. The summed E-state index contributed by atoms with van der Waals surface area (Å²) in [6.45, 7) is -0.145. The Labute approximate surface area is 200 Å². The zero-order valence-electron chi connectivity index (χ0n) is 18.4. The summed E-state index contributed by atoms with van der Waals surface area (Å²) < 4.78 is 5.73. The van der Waals surface area contributed by atoms with Gasteiger partial charge in [0.1, 0.15) is 5.75 Å². The maximum atomic E-state index is 13.2. The van der Waals surface area contributed by atoms with E-state index >= 15 is 0 Å². The third-order valence-electron chi connectivity index (χ3n) is 5.79. The predicted molar refractivity (Wildman–Crippen MR) is 133 cm³/mol. The number of benzene rings is 3. The first-order valence-electron chi connectivity index (χ1n) is 11.0. The minimum atomic E-state index is -0.320. The summed E-state index contributed by atoms with van der Waals surface area (Å²) in [5.41, 5.74) is 5.63. The minimum absolute atomic E-state index is 0.145. The fourth-order valence-electron chi connectivity index (χ4n) is 4.11. The number of amides is 2. The summed E-state index contributed by atoms with van der Waals surface area (Å²) in [5.74, 6) is -0.0526. The molecule has 0 saturated heterocycles. The largest absolute Gasteiger partial charge is 0.484 e. The van der Waals surface area contributed by atoms with Crippen LogP contribution in [0.3, 0.4) is 0 Å². The van der Waals surface area contributed by atoms with Crippen molar-refractivity contribution in [2.75, 3.05) is 17.2 Å². The number of aromatic nitrogens is 3. The molecule has 6 rings (SSSR count). The number of ether oxygens (including phenoxy) is 1. The zero-order chi connectivity index (χ0) is 23.8. The lowest BCUT2D eigenvalue weighted by atomic mass is 10.0. The second-order valence-electron chi connectivity index (χ2n) is 8.19. The number of pyridine rings is 1. The summed E-state index contributed by atoms with van der Waals surface area (Å²) in [5, 5.41) is 13.6. The van der Waals surface area contributed by atoms with Gasteiger partial charge in [0.05, 0.1) is 17.4 Å². The van der Waals surface area contributed by atoms with Crippen LogP contribution in [0.15, 0.2) is 85.2 Å². The van der Waals surface area contributed by atoms with Crippen molar-refractivity contribution in [2.24, 2.45) is 0 Å². The molecule has 0 unspecified atom stereocenters. The highest BCUT2D eigenvalue weighted by Gasteiger charge is 2.16. The summed E-state index contributed by atoms with van der Waals surface area (Å²) in [4.78, 5) is 30.0. The van der Waals surface area contributed by atoms with Crippen LogP contribution in [0.4, 0.5) is 11.4 Å². The molecule has 0 radical (unpaired) electrons. The molecule has 170 valence electrons. The second-order valence-corrected chi connectivity index (χ2v) is 8.19. The van der Waals surface area contributed by atoms with E-state index in [2.05, 4.69) is 25.8 Å². The van der Waals surface area contributed by atoms with E-state index in [1.54, 1.807) is 18.5 Å². The molecule has 1 aliphatic heterocycles. The number of hydrogen-bond donors (Lipinski definition) is 3. The Morgan fingerprint density at radius 3 is 2.46 bits per heavy atom. The van der Waals surface area contributed by atoms with Crippen LogP contribution >= 0.6 is 0 Å². The van der Waals surface area contributed by atoms with Crippen LogP contribution in [-0.4, -0.2) is 33.6 Å². The van der Waals surface area contributed by atoms with Crippen molar-refractivity contribution in [3.63, 3.8) is 0 Å². The molecule has 8 bridgehead atoms. The normalized spacial score (nSPS) is 13.3. The highest BCUT2D eigenvalue weighted by Crippen LogP contribution is 2.29. The van der Waals surface area contributed by atoms with E-state index < -0.39 is 0 Å². The van der Waals surface area contributed by atoms with Crippen molar-refractivity contribution in [3.05, 3.63) is 90.9 Å².